The van der Waals surface area contributed by atoms with Gasteiger partial charge in [-0.2, -0.15) is 0 Å². The fourth-order valence-corrected chi connectivity index (χ4v) is 2.15. The van der Waals surface area contributed by atoms with Crippen LogP contribution < -0.4 is 9.79 Å². The average Bonchev–Trinajstić information content (AvgIpc) is 1.53. The Morgan fingerprint density at radius 3 is 2.00 bits per heavy atom. The van der Waals surface area contributed by atoms with Crippen molar-refractivity contribution in [1.82, 2.24) is 0 Å². The molecule has 0 radical (unpaired) electrons. The maximum absolute atomic E-state index is 10.4. The van der Waals surface area contributed by atoms with E-state index in [-0.39, 0.29) is 27.3 Å². The molecule has 2 bridgehead atoms. The molecule has 3 rings (SSSR count). The van der Waals surface area contributed by atoms with Crippen molar-refractivity contribution in [3.05, 3.63) is 0 Å². The molecule has 3 fully saturated rings. The molecular formula is CCdO8P2. The second-order valence-corrected chi connectivity index (χ2v) is 4.28. The zero-order chi connectivity index (χ0) is 8.33. The van der Waals surface area contributed by atoms with Gasteiger partial charge in [0.1, 0.15) is 0 Å². The first-order chi connectivity index (χ1) is 4.83. The van der Waals surface area contributed by atoms with E-state index in [0.717, 1.165) is 0 Å². The van der Waals surface area contributed by atoms with E-state index in [9.17, 15) is 18.9 Å². The summed E-state index contributed by atoms with van der Waals surface area (Å²) in [7, 11) is -8.74. The minimum Gasteiger partial charge on any atom is -0.790 e. The first-order valence-electron chi connectivity index (χ1n) is 2.28. The number of phosphoric ester groups is 2. The first-order valence-corrected chi connectivity index (χ1v) is 5.20. The second kappa shape index (κ2) is 2.81. The van der Waals surface area contributed by atoms with Crippen LogP contribution in [0.5, 0.6) is 0 Å². The molecule has 3 aliphatic rings. The molecule has 0 spiro atoms. The van der Waals surface area contributed by atoms with Gasteiger partial charge >= 0.3 is 41.3 Å². The Balaban J connectivity index is 0.000000720. The molecule has 12 heavy (non-hydrogen) atoms. The van der Waals surface area contributed by atoms with E-state index in [1.807, 2.05) is 0 Å². The van der Waals surface area contributed by atoms with Crippen LogP contribution in [0.15, 0.2) is 0 Å². The monoisotopic (exact) mass is 316 g/mol. The molecule has 8 nitrogen and oxygen atoms in total. The topological polar surface area (TPSA) is 117 Å². The van der Waals surface area contributed by atoms with E-state index < -0.39 is 21.8 Å². The summed E-state index contributed by atoms with van der Waals surface area (Å²) in [5, 5.41) is 0. The van der Waals surface area contributed by atoms with Gasteiger partial charge in [0.15, 0.2) is 0 Å². The number of phosphoric acid groups is 2. The molecule has 3 heterocycles. The van der Waals surface area contributed by atoms with Crippen LogP contribution in [0.2, 0.25) is 0 Å². The smallest absolute Gasteiger partial charge is 0.790 e. The molecule has 0 aromatic carbocycles. The summed E-state index contributed by atoms with van der Waals surface area (Å²) in [5.41, 5.74) is 0. The van der Waals surface area contributed by atoms with Crippen molar-refractivity contribution < 1.29 is 64.3 Å². The minimum atomic E-state index is -5.24. The molecule has 0 aromatic rings. The van der Waals surface area contributed by atoms with Crippen LogP contribution in [0, 0.1) is 0 Å². The van der Waals surface area contributed by atoms with Gasteiger partial charge in [-0.1, -0.05) is 0 Å². The van der Waals surface area contributed by atoms with Crippen molar-refractivity contribution in [1.29, 1.82) is 0 Å². The summed E-state index contributed by atoms with van der Waals surface area (Å²) in [4.78, 5) is 19.8. The Morgan fingerprint density at radius 2 is 1.75 bits per heavy atom. The fourth-order valence-electron chi connectivity index (χ4n) is 0.618. The van der Waals surface area contributed by atoms with E-state index >= 15 is 0 Å². The van der Waals surface area contributed by atoms with Crippen molar-refractivity contribution in [2.45, 2.75) is 6.16 Å². The maximum Gasteiger partial charge on any atom is 2.00 e. The van der Waals surface area contributed by atoms with E-state index in [1.54, 1.807) is 0 Å². The van der Waals surface area contributed by atoms with Gasteiger partial charge in [-0.3, -0.25) is 4.52 Å². The second-order valence-electron chi connectivity index (χ2n) is 1.76. The van der Waals surface area contributed by atoms with Crippen LogP contribution in [0.4, 0.5) is 0 Å². The summed E-state index contributed by atoms with van der Waals surface area (Å²) in [6, 6.07) is 0. The third-order valence-electron chi connectivity index (χ3n) is 0.894. The van der Waals surface area contributed by atoms with Gasteiger partial charge < -0.3 is 14.4 Å². The normalized spacial score (nSPS) is 43.8. The molecule has 11 heteroatoms. The van der Waals surface area contributed by atoms with Crippen LogP contribution in [0.1, 0.15) is 0 Å². The summed E-state index contributed by atoms with van der Waals surface area (Å²) >= 11 is 0. The molecule has 0 saturated carbocycles. The van der Waals surface area contributed by atoms with Gasteiger partial charge in [0.2, 0.25) is 0 Å². The third-order valence-corrected chi connectivity index (χ3v) is 2.68. The van der Waals surface area contributed by atoms with Gasteiger partial charge in [0, 0.05) is 0 Å². The zero-order valence-electron chi connectivity index (χ0n) is 5.37. The predicted molar refractivity (Wildman–Crippen MR) is 22.3 cm³/mol. The molecule has 0 aromatic heterocycles. The Labute approximate surface area is 86.2 Å². The standard InChI is InChI=1S/CH2O8P2.Cd/c2-10(3,4)6-1-7-11(5,8-1)9-1;/h(H2,2,3,4);/q;+2/p-2. The van der Waals surface area contributed by atoms with Crippen LogP contribution in [-0.2, 0) is 54.5 Å². The zero-order valence-corrected chi connectivity index (χ0v) is 11.2. The van der Waals surface area contributed by atoms with E-state index in [4.69, 9.17) is 0 Å². The average molecular weight is 314 g/mol. The van der Waals surface area contributed by atoms with Crippen molar-refractivity contribution in [3.8, 4) is 0 Å². The third kappa shape index (κ3) is 1.81. The molecule has 0 N–H and O–H groups in total. The predicted octanol–water partition coefficient (Wildman–Crippen LogP) is -1.37. The molecule has 3 aliphatic heterocycles. The van der Waals surface area contributed by atoms with Gasteiger partial charge in [-0.25, -0.2) is 18.1 Å². The Bertz CT molecular complexity index is 265. The molecular weight excluding hydrogens is 314 g/mol. The van der Waals surface area contributed by atoms with Gasteiger partial charge in [0.25, 0.3) is 0 Å². The molecule has 0 atom stereocenters. The van der Waals surface area contributed by atoms with E-state index in [2.05, 4.69) is 18.1 Å². The van der Waals surface area contributed by atoms with Crippen molar-refractivity contribution in [2.75, 3.05) is 0 Å². The molecule has 3 saturated heterocycles. The van der Waals surface area contributed by atoms with E-state index in [1.165, 1.54) is 0 Å². The number of hydrogen-bond acceptors (Lipinski definition) is 8. The Kier molecular flexibility index (Phi) is 2.63. The summed E-state index contributed by atoms with van der Waals surface area (Å²) in [5.74, 6) is 0. The quantitative estimate of drug-likeness (QED) is 0.452. The fraction of sp³-hybridized carbons (Fsp3) is 1.00. The van der Waals surface area contributed by atoms with Crippen molar-refractivity contribution >= 4 is 15.6 Å². The summed E-state index contributed by atoms with van der Waals surface area (Å²) in [6.07, 6.45) is -2.34. The Morgan fingerprint density at radius 1 is 1.33 bits per heavy atom. The largest absolute Gasteiger partial charge is 2.00 e. The molecule has 0 aliphatic carbocycles. The van der Waals surface area contributed by atoms with Crippen LogP contribution in [0.3, 0.4) is 0 Å². The van der Waals surface area contributed by atoms with Gasteiger partial charge in [-0.15, -0.1) is 0 Å². The molecule has 64 valence electrons. The maximum atomic E-state index is 10.4. The Hall–Kier alpha value is 1.14. The number of hydrogen-bond donors (Lipinski definition) is 0. The van der Waals surface area contributed by atoms with Crippen molar-refractivity contribution in [2.24, 2.45) is 0 Å². The first kappa shape index (κ1) is 11.2. The SMILES string of the molecule is O=P([O-])([O-])OC12OP(=O)(O1)O2.[Cd+2]. The summed E-state index contributed by atoms with van der Waals surface area (Å²) in [6.45, 7) is 0. The van der Waals surface area contributed by atoms with Crippen molar-refractivity contribution in [3.63, 3.8) is 0 Å². The minimum absolute atomic E-state index is 0. The van der Waals surface area contributed by atoms with Gasteiger partial charge in [0.05, 0.1) is 7.82 Å². The van der Waals surface area contributed by atoms with Crippen LogP contribution in [0.25, 0.3) is 0 Å². The van der Waals surface area contributed by atoms with E-state index in [0.29, 0.717) is 0 Å². The molecule has 0 unspecified atom stereocenters. The molecule has 0 amide bonds. The summed E-state index contributed by atoms with van der Waals surface area (Å²) < 4.78 is 36.2. The van der Waals surface area contributed by atoms with Crippen LogP contribution in [-0.4, -0.2) is 6.16 Å². The van der Waals surface area contributed by atoms with Crippen LogP contribution >= 0.6 is 15.6 Å². The van der Waals surface area contributed by atoms with Gasteiger partial charge in [-0.05, 0) is 0 Å². The number of rotatable bonds is 2.